The molecule has 0 heterocycles. The predicted octanol–water partition coefficient (Wildman–Crippen LogP) is 14.6. The number of nitrogens with zero attached hydrogens (tertiary/aromatic N) is 2. The molecule has 0 aliphatic carbocycles. The van der Waals surface area contributed by atoms with Crippen LogP contribution in [-0.2, 0) is 19.1 Å². The lowest BCUT2D eigenvalue weighted by atomic mass is 10.1. The van der Waals surface area contributed by atoms with Crippen LogP contribution in [0, 0.1) is 0 Å². The second kappa shape index (κ2) is 51.1. The molecule has 0 saturated heterocycles. The van der Waals surface area contributed by atoms with Gasteiger partial charge in [0.1, 0.15) is 12.2 Å². The highest BCUT2D eigenvalue weighted by molar-refractivity contribution is 5.69. The van der Waals surface area contributed by atoms with Gasteiger partial charge in [0.05, 0.1) is 13.2 Å². The lowest BCUT2D eigenvalue weighted by Gasteiger charge is -2.25. The fourth-order valence-electron chi connectivity index (χ4n) is 8.17. The van der Waals surface area contributed by atoms with Gasteiger partial charge < -0.3 is 24.6 Å². The highest BCUT2D eigenvalue weighted by Crippen LogP contribution is 2.18. The Morgan fingerprint density at radius 2 is 0.708 bits per heavy atom. The molecule has 0 spiro atoms. The van der Waals surface area contributed by atoms with Crippen LogP contribution in [0.5, 0.6) is 0 Å². The van der Waals surface area contributed by atoms with Crippen LogP contribution in [0.4, 0.5) is 0 Å². The topological polar surface area (TPSA) is 99.5 Å². The molecule has 0 aromatic rings. The Bertz CT molecular complexity index is 1060. The van der Waals surface area contributed by atoms with E-state index in [1.165, 1.54) is 38.5 Å². The summed E-state index contributed by atoms with van der Waals surface area (Å²) in [6.45, 7) is 14.3. The first-order chi connectivity index (χ1) is 31.9. The zero-order valence-electron chi connectivity index (χ0n) is 43.2. The largest absolute Gasteiger partial charge is 0.462 e. The maximum Gasteiger partial charge on any atom is 0.306 e. The van der Waals surface area contributed by atoms with Gasteiger partial charge in [0, 0.05) is 25.9 Å². The van der Waals surface area contributed by atoms with Gasteiger partial charge in [0.2, 0.25) is 0 Å². The van der Waals surface area contributed by atoms with Crippen molar-refractivity contribution in [2.45, 2.75) is 252 Å². The molecule has 0 fully saturated rings. The van der Waals surface area contributed by atoms with Gasteiger partial charge in [-0.1, -0.05) is 153 Å². The quantitative estimate of drug-likeness (QED) is 0.0354. The molecule has 0 aliphatic rings. The normalized spacial score (nSPS) is 13.2. The molecule has 0 rings (SSSR count). The maximum absolute atomic E-state index is 12.9. The van der Waals surface area contributed by atoms with E-state index < -0.39 is 0 Å². The Kier molecular flexibility index (Phi) is 49.4. The summed E-state index contributed by atoms with van der Waals surface area (Å²) >= 11 is 0. The first-order valence-corrected chi connectivity index (χ1v) is 27.6. The number of ether oxygens (including phenoxy) is 2. The van der Waals surface area contributed by atoms with Crippen molar-refractivity contribution in [3.05, 3.63) is 48.6 Å². The third-order valence-electron chi connectivity index (χ3n) is 12.2. The summed E-state index contributed by atoms with van der Waals surface area (Å²) in [7, 11) is 0. The molecule has 8 nitrogen and oxygen atoms in total. The number of aliphatic hydroxyl groups is 2. The van der Waals surface area contributed by atoms with Crippen LogP contribution < -0.4 is 0 Å². The second-order valence-corrected chi connectivity index (χ2v) is 18.5. The lowest BCUT2D eigenvalue weighted by Crippen LogP contribution is -2.34. The van der Waals surface area contributed by atoms with E-state index in [2.05, 4.69) is 86.1 Å². The van der Waals surface area contributed by atoms with Crippen LogP contribution >= 0.6 is 0 Å². The van der Waals surface area contributed by atoms with Gasteiger partial charge in [0.25, 0.3) is 0 Å². The molecule has 0 aromatic carbocycles. The van der Waals surface area contributed by atoms with E-state index in [1.807, 2.05) is 0 Å². The summed E-state index contributed by atoms with van der Waals surface area (Å²) in [5.74, 6) is -0.0626. The Morgan fingerprint density at radius 1 is 0.369 bits per heavy atom. The number of carbonyl (C=O) groups is 2. The van der Waals surface area contributed by atoms with Crippen LogP contribution in [-0.4, -0.2) is 96.6 Å². The molecule has 0 radical (unpaired) electrons. The molecule has 2 N–H and O–H groups in total. The van der Waals surface area contributed by atoms with Crippen molar-refractivity contribution in [1.29, 1.82) is 0 Å². The van der Waals surface area contributed by atoms with Crippen molar-refractivity contribution in [1.82, 2.24) is 9.80 Å². The number of aliphatic hydroxyl groups excluding tert-OH is 2. The minimum Gasteiger partial charge on any atom is -0.462 e. The molecule has 2 atom stereocenters. The molecule has 8 heteroatoms. The minimum atomic E-state index is -0.0313. The third kappa shape index (κ3) is 45.3. The van der Waals surface area contributed by atoms with E-state index in [0.29, 0.717) is 25.9 Å². The van der Waals surface area contributed by atoms with Crippen molar-refractivity contribution in [2.24, 2.45) is 0 Å². The zero-order valence-corrected chi connectivity index (χ0v) is 43.2. The summed E-state index contributed by atoms with van der Waals surface area (Å²) in [4.78, 5) is 30.5. The highest BCUT2D eigenvalue weighted by Gasteiger charge is 2.15. The van der Waals surface area contributed by atoms with Crippen molar-refractivity contribution in [3.8, 4) is 0 Å². The summed E-state index contributed by atoms with van der Waals surface area (Å²) in [5, 5.41) is 18.9. The molecule has 0 aliphatic heterocycles. The molecule has 380 valence electrons. The van der Waals surface area contributed by atoms with Crippen LogP contribution in [0.3, 0.4) is 0 Å². The monoisotopic (exact) mass is 915 g/mol. The SMILES string of the molecule is CCC/C=C/CCCC(CC/C=C/CCCC)OC(=O)CCCCCCCN(CCCCCCCC(=O)OC(CC/C=C/CCCC)CCC/C=C/CCC)CCCN(CCO)CCO. The summed E-state index contributed by atoms with van der Waals surface area (Å²) in [6, 6.07) is 0. The van der Waals surface area contributed by atoms with E-state index in [0.717, 1.165) is 187 Å². The molecule has 0 bridgehead atoms. The highest BCUT2D eigenvalue weighted by atomic mass is 16.5. The predicted molar refractivity (Wildman–Crippen MR) is 278 cm³/mol. The van der Waals surface area contributed by atoms with E-state index in [1.54, 1.807) is 0 Å². The van der Waals surface area contributed by atoms with E-state index in [9.17, 15) is 19.8 Å². The van der Waals surface area contributed by atoms with Crippen molar-refractivity contribution in [2.75, 3.05) is 52.5 Å². The molecule has 65 heavy (non-hydrogen) atoms. The number of esters is 2. The Hall–Kier alpha value is -2.26. The van der Waals surface area contributed by atoms with Gasteiger partial charge in [-0.3, -0.25) is 14.5 Å². The molecule has 0 amide bonds. The van der Waals surface area contributed by atoms with Gasteiger partial charge >= 0.3 is 11.9 Å². The molecular weight excluding hydrogens is 809 g/mol. The first kappa shape index (κ1) is 62.7. The van der Waals surface area contributed by atoms with Crippen LogP contribution in [0.15, 0.2) is 48.6 Å². The lowest BCUT2D eigenvalue weighted by molar-refractivity contribution is -0.150. The Balaban J connectivity index is 4.76. The Labute approximate surface area is 402 Å². The molecule has 0 aromatic heterocycles. The Morgan fingerprint density at radius 3 is 1.11 bits per heavy atom. The summed E-state index contributed by atoms with van der Waals surface area (Å²) in [6.07, 6.45) is 52.8. The fourth-order valence-corrected chi connectivity index (χ4v) is 8.17. The standard InChI is InChI=1S/C57H106N2O6/c1-5-9-13-17-23-31-40-54(41-32-24-18-14-10-6-2)64-56(62)44-35-27-21-29-37-46-58(48-39-49-59(50-52-60)51-53-61)47-38-30-22-28-36-45-57(63)65-55(42-33-25-19-15-11-7-3)43-34-26-20-16-12-8-4/h13,15,17-20,24,26,54-55,60-61H,5-12,14,16,21-23,25,27-53H2,1-4H3/b17-13+,19-15+,24-18+,26-20+. The van der Waals surface area contributed by atoms with Gasteiger partial charge in [-0.05, 0) is 148 Å². The van der Waals surface area contributed by atoms with Gasteiger partial charge in [-0.2, -0.15) is 0 Å². The number of rotatable bonds is 50. The smallest absolute Gasteiger partial charge is 0.306 e. The van der Waals surface area contributed by atoms with Crippen molar-refractivity contribution < 1.29 is 29.3 Å². The zero-order chi connectivity index (χ0) is 47.5. The minimum absolute atomic E-state index is 0.0143. The fraction of sp³-hybridized carbons (Fsp3) is 0.825. The molecule has 0 saturated carbocycles. The van der Waals surface area contributed by atoms with Gasteiger partial charge in [-0.15, -0.1) is 0 Å². The van der Waals surface area contributed by atoms with Crippen molar-refractivity contribution in [3.63, 3.8) is 0 Å². The van der Waals surface area contributed by atoms with Crippen LogP contribution in [0.2, 0.25) is 0 Å². The van der Waals surface area contributed by atoms with Crippen molar-refractivity contribution >= 4 is 11.9 Å². The third-order valence-corrected chi connectivity index (χ3v) is 12.2. The summed E-state index contributed by atoms with van der Waals surface area (Å²) in [5.41, 5.74) is 0. The number of allylic oxidation sites excluding steroid dienone is 8. The van der Waals surface area contributed by atoms with Crippen LogP contribution in [0.25, 0.3) is 0 Å². The van der Waals surface area contributed by atoms with E-state index in [-0.39, 0.29) is 37.4 Å². The van der Waals surface area contributed by atoms with E-state index >= 15 is 0 Å². The average molecular weight is 915 g/mol. The average Bonchev–Trinajstić information content (AvgIpc) is 3.29. The number of hydrogen-bond acceptors (Lipinski definition) is 8. The molecular formula is C57H106N2O6. The number of carbonyl (C=O) groups excluding carboxylic acids is 2. The number of unbranched alkanes of at least 4 members (excludes halogenated alkanes) is 16. The maximum atomic E-state index is 12.9. The van der Waals surface area contributed by atoms with E-state index in [4.69, 9.17) is 9.47 Å². The molecule has 2 unspecified atom stereocenters. The van der Waals surface area contributed by atoms with Crippen LogP contribution in [0.1, 0.15) is 240 Å². The number of hydrogen-bond donors (Lipinski definition) is 2. The second-order valence-electron chi connectivity index (χ2n) is 18.5. The first-order valence-electron chi connectivity index (χ1n) is 27.6. The van der Waals surface area contributed by atoms with Gasteiger partial charge in [-0.25, -0.2) is 0 Å². The van der Waals surface area contributed by atoms with Gasteiger partial charge in [0.15, 0.2) is 0 Å². The summed E-state index contributed by atoms with van der Waals surface area (Å²) < 4.78 is 12.1.